The fourth-order valence-corrected chi connectivity index (χ4v) is 1.02. The quantitative estimate of drug-likeness (QED) is 0.457. The number of piperidine rings is 1. The first-order valence-corrected chi connectivity index (χ1v) is 3.27. The Balaban J connectivity index is 2.26. The molecule has 0 aliphatic carbocycles. The summed E-state index contributed by atoms with van der Waals surface area (Å²) in [6.45, 7) is 0.781. The van der Waals surface area contributed by atoms with Crippen LogP contribution in [0.2, 0.25) is 0 Å². The van der Waals surface area contributed by atoms with Gasteiger partial charge in [0.15, 0.2) is 0 Å². The molecule has 0 saturated carbocycles. The maximum Gasteiger partial charge on any atom is 0.136 e. The second-order valence-corrected chi connectivity index (χ2v) is 2.49. The summed E-state index contributed by atoms with van der Waals surface area (Å²) < 4.78 is 0. The van der Waals surface area contributed by atoms with Crippen molar-refractivity contribution in [3.05, 3.63) is 0 Å². The molecule has 0 aromatic heterocycles. The van der Waals surface area contributed by atoms with Crippen molar-refractivity contribution in [3.63, 3.8) is 0 Å². The number of rotatable bonds is 1. The fourth-order valence-electron chi connectivity index (χ4n) is 1.02. The van der Waals surface area contributed by atoms with E-state index in [-0.39, 0.29) is 12.1 Å². The number of carbonyl (C=O) groups excluding carboxylic acids is 1. The van der Waals surface area contributed by atoms with Crippen LogP contribution in [-0.4, -0.2) is 24.9 Å². The summed E-state index contributed by atoms with van der Waals surface area (Å²) in [4.78, 5) is 10.2. The van der Waals surface area contributed by atoms with Crippen LogP contribution in [0.4, 0.5) is 0 Å². The van der Waals surface area contributed by atoms with Crippen LogP contribution in [0.15, 0.2) is 0 Å². The van der Waals surface area contributed by atoms with Gasteiger partial charge in [-0.25, -0.2) is 0 Å². The van der Waals surface area contributed by atoms with Crippen LogP contribution >= 0.6 is 0 Å². The lowest BCUT2D eigenvalue weighted by molar-refractivity contribution is -0.110. The van der Waals surface area contributed by atoms with Gasteiger partial charge in [0.25, 0.3) is 0 Å². The maximum absolute atomic E-state index is 10.2. The molecule has 0 amide bonds. The predicted molar refractivity (Wildman–Crippen MR) is 35.1 cm³/mol. The number of nitrogens with two attached hydrogens (primary N) is 1. The van der Waals surface area contributed by atoms with Crippen LogP contribution in [-0.2, 0) is 4.79 Å². The lowest BCUT2D eigenvalue weighted by atomic mass is 10.0. The summed E-state index contributed by atoms with van der Waals surface area (Å²) in [6.07, 6.45) is 2.81. The van der Waals surface area contributed by atoms with E-state index in [2.05, 4.69) is 5.32 Å². The third kappa shape index (κ3) is 1.77. The van der Waals surface area contributed by atoms with E-state index in [0.29, 0.717) is 0 Å². The highest BCUT2D eigenvalue weighted by Gasteiger charge is 2.15. The molecule has 0 radical (unpaired) electrons. The van der Waals surface area contributed by atoms with Gasteiger partial charge in [0, 0.05) is 12.6 Å². The Morgan fingerprint density at radius 1 is 1.56 bits per heavy atom. The molecule has 1 fully saturated rings. The topological polar surface area (TPSA) is 55.1 Å². The van der Waals surface area contributed by atoms with E-state index >= 15 is 0 Å². The second kappa shape index (κ2) is 2.94. The molecule has 52 valence electrons. The summed E-state index contributed by atoms with van der Waals surface area (Å²) in [5.74, 6) is 0. The first-order valence-electron chi connectivity index (χ1n) is 3.27. The highest BCUT2D eigenvalue weighted by Crippen LogP contribution is 2.03. The Bertz CT molecular complexity index is 97.2. The molecule has 9 heavy (non-hydrogen) atoms. The Morgan fingerprint density at radius 3 is 2.78 bits per heavy atom. The van der Waals surface area contributed by atoms with Gasteiger partial charge in [-0.15, -0.1) is 0 Å². The van der Waals surface area contributed by atoms with Crippen molar-refractivity contribution >= 4 is 6.29 Å². The molecule has 0 bridgehead atoms. The lowest BCUT2D eigenvalue weighted by Gasteiger charge is -2.23. The molecule has 3 heteroatoms. The predicted octanol–water partition coefficient (Wildman–Crippen LogP) is -0.735. The molecule has 0 spiro atoms. The molecule has 1 rings (SSSR count). The van der Waals surface area contributed by atoms with E-state index in [1.807, 2.05) is 0 Å². The minimum absolute atomic E-state index is 0.0600. The van der Waals surface area contributed by atoms with E-state index in [1.165, 1.54) is 0 Å². The maximum atomic E-state index is 10.2. The third-order valence-corrected chi connectivity index (χ3v) is 1.65. The molecule has 1 saturated heterocycles. The fraction of sp³-hybridized carbons (Fsp3) is 0.833. The van der Waals surface area contributed by atoms with Crippen molar-refractivity contribution in [1.82, 2.24) is 5.32 Å². The largest absolute Gasteiger partial charge is 0.327 e. The molecule has 3 N–H and O–H groups in total. The molecule has 0 aromatic rings. The van der Waals surface area contributed by atoms with Gasteiger partial charge >= 0.3 is 0 Å². The monoisotopic (exact) mass is 128 g/mol. The van der Waals surface area contributed by atoms with Crippen LogP contribution in [0.1, 0.15) is 12.8 Å². The minimum Gasteiger partial charge on any atom is -0.327 e. The first kappa shape index (κ1) is 6.71. The Kier molecular flexibility index (Phi) is 2.19. The zero-order valence-electron chi connectivity index (χ0n) is 5.34. The van der Waals surface area contributed by atoms with E-state index in [9.17, 15) is 4.79 Å². The normalized spacial score (nSPS) is 36.1. The Morgan fingerprint density at radius 2 is 2.33 bits per heavy atom. The molecule has 1 heterocycles. The SMILES string of the molecule is NC1CCC(C=O)NC1. The third-order valence-electron chi connectivity index (χ3n) is 1.65. The molecular formula is C6H12N2O. The van der Waals surface area contributed by atoms with Crippen molar-refractivity contribution in [1.29, 1.82) is 0 Å². The van der Waals surface area contributed by atoms with E-state index < -0.39 is 0 Å². The summed E-state index contributed by atoms with van der Waals surface area (Å²) in [5, 5.41) is 3.03. The van der Waals surface area contributed by atoms with E-state index in [1.54, 1.807) is 0 Å². The molecule has 3 nitrogen and oxygen atoms in total. The minimum atomic E-state index is 0.0600. The van der Waals surface area contributed by atoms with Crippen LogP contribution in [0, 0.1) is 0 Å². The average Bonchev–Trinajstić information content (AvgIpc) is 1.90. The van der Waals surface area contributed by atoms with Crippen LogP contribution in [0.25, 0.3) is 0 Å². The molecule has 2 atom stereocenters. The zero-order chi connectivity index (χ0) is 6.69. The number of aldehydes is 1. The van der Waals surface area contributed by atoms with Crippen molar-refractivity contribution < 1.29 is 4.79 Å². The highest BCUT2D eigenvalue weighted by atomic mass is 16.1. The van der Waals surface area contributed by atoms with Gasteiger partial charge in [-0.1, -0.05) is 0 Å². The first-order chi connectivity index (χ1) is 4.33. The smallest absolute Gasteiger partial charge is 0.136 e. The summed E-state index contributed by atoms with van der Waals surface area (Å²) in [5.41, 5.74) is 5.57. The number of nitrogens with one attached hydrogen (secondary N) is 1. The van der Waals surface area contributed by atoms with Gasteiger partial charge < -0.3 is 15.8 Å². The van der Waals surface area contributed by atoms with Crippen molar-refractivity contribution in [3.8, 4) is 0 Å². The van der Waals surface area contributed by atoms with Crippen LogP contribution < -0.4 is 11.1 Å². The average molecular weight is 128 g/mol. The van der Waals surface area contributed by atoms with E-state index in [4.69, 9.17) is 5.73 Å². The molecule has 0 aromatic carbocycles. The number of hydrogen-bond acceptors (Lipinski definition) is 3. The van der Waals surface area contributed by atoms with Gasteiger partial charge in [0.1, 0.15) is 6.29 Å². The van der Waals surface area contributed by atoms with Crippen LogP contribution in [0.5, 0.6) is 0 Å². The van der Waals surface area contributed by atoms with Gasteiger partial charge in [-0.2, -0.15) is 0 Å². The molecule has 1 aliphatic heterocycles. The Labute approximate surface area is 54.6 Å². The second-order valence-electron chi connectivity index (χ2n) is 2.49. The zero-order valence-corrected chi connectivity index (χ0v) is 5.34. The highest BCUT2D eigenvalue weighted by molar-refractivity contribution is 5.57. The summed E-state index contributed by atoms with van der Waals surface area (Å²) in [7, 11) is 0. The number of hydrogen-bond donors (Lipinski definition) is 2. The van der Waals surface area contributed by atoms with E-state index in [0.717, 1.165) is 25.7 Å². The number of carbonyl (C=O) groups is 1. The lowest BCUT2D eigenvalue weighted by Crippen LogP contribution is -2.45. The molecule has 2 unspecified atom stereocenters. The van der Waals surface area contributed by atoms with Crippen molar-refractivity contribution in [2.45, 2.75) is 24.9 Å². The standard InChI is InChI=1S/C6H12N2O/c7-5-1-2-6(4-9)8-3-5/h4-6,8H,1-3,7H2. The van der Waals surface area contributed by atoms with Gasteiger partial charge in [0.2, 0.25) is 0 Å². The van der Waals surface area contributed by atoms with Gasteiger partial charge in [-0.3, -0.25) is 0 Å². The van der Waals surface area contributed by atoms with Crippen molar-refractivity contribution in [2.24, 2.45) is 5.73 Å². The Hall–Kier alpha value is -0.410. The van der Waals surface area contributed by atoms with Crippen molar-refractivity contribution in [2.75, 3.05) is 6.54 Å². The summed E-state index contributed by atoms with van der Waals surface area (Å²) >= 11 is 0. The molecular weight excluding hydrogens is 116 g/mol. The van der Waals surface area contributed by atoms with Gasteiger partial charge in [-0.05, 0) is 12.8 Å². The van der Waals surface area contributed by atoms with Gasteiger partial charge in [0.05, 0.1) is 6.04 Å². The van der Waals surface area contributed by atoms with Crippen LogP contribution in [0.3, 0.4) is 0 Å². The summed E-state index contributed by atoms with van der Waals surface area (Å²) in [6, 6.07) is 0.311. The molecule has 1 aliphatic rings.